The van der Waals surface area contributed by atoms with Crippen molar-refractivity contribution in [2.24, 2.45) is 10.1 Å². The highest BCUT2D eigenvalue weighted by atomic mass is 35.5. The predicted octanol–water partition coefficient (Wildman–Crippen LogP) is 6.68. The molecule has 0 unspecified atom stereocenters. The predicted molar refractivity (Wildman–Crippen MR) is 127 cm³/mol. The molecule has 5 rings (SSSR count). The van der Waals surface area contributed by atoms with Crippen LogP contribution in [0.3, 0.4) is 0 Å². The molecule has 1 N–H and O–H groups in total. The molecule has 5 aromatic rings. The number of halogens is 1. The average molecular weight is 447 g/mol. The molecule has 2 aromatic carbocycles. The normalized spacial score (nSPS) is 12.4. The Bertz CT molecular complexity index is 1470. The second kappa shape index (κ2) is 8.06. The van der Waals surface area contributed by atoms with Crippen LogP contribution in [0.15, 0.2) is 80.8 Å². The number of nitrogens with one attached hydrogen (secondary N) is 1. The molecule has 0 aliphatic rings. The summed E-state index contributed by atoms with van der Waals surface area (Å²) in [5, 5.41) is 8.63. The minimum Gasteiger partial charge on any atom is -0.463 e. The number of H-pyrrole nitrogens is 1. The monoisotopic (exact) mass is 446 g/mol. The van der Waals surface area contributed by atoms with E-state index in [2.05, 4.69) is 17.1 Å². The fourth-order valence-electron chi connectivity index (χ4n) is 3.48. The third-order valence-corrected chi connectivity index (χ3v) is 6.39. The van der Waals surface area contributed by atoms with Gasteiger partial charge in [0.05, 0.1) is 18.2 Å². The lowest BCUT2D eigenvalue weighted by molar-refractivity contribution is 0.575. The van der Waals surface area contributed by atoms with Crippen molar-refractivity contribution in [1.29, 1.82) is 0 Å². The van der Waals surface area contributed by atoms with Crippen molar-refractivity contribution in [2.45, 2.75) is 13.8 Å². The van der Waals surface area contributed by atoms with Gasteiger partial charge in [-0.05, 0) is 49.7 Å². The molecule has 0 atom stereocenters. The van der Waals surface area contributed by atoms with E-state index in [9.17, 15) is 0 Å². The van der Waals surface area contributed by atoms with Gasteiger partial charge in [0.1, 0.15) is 5.69 Å². The number of para-hydroxylation sites is 1. The molecular formula is C24H19ClN4OS. The first-order valence-electron chi connectivity index (χ1n) is 9.78. The van der Waals surface area contributed by atoms with Crippen LogP contribution in [0.2, 0.25) is 5.02 Å². The van der Waals surface area contributed by atoms with Crippen molar-refractivity contribution < 1.29 is 4.42 Å². The van der Waals surface area contributed by atoms with Gasteiger partial charge in [0, 0.05) is 32.6 Å². The summed E-state index contributed by atoms with van der Waals surface area (Å²) in [6.45, 7) is 4.01. The van der Waals surface area contributed by atoms with Gasteiger partial charge >= 0.3 is 0 Å². The maximum Gasteiger partial charge on any atom is 0.211 e. The number of fused-ring (bicyclic) bond motifs is 1. The molecule has 0 amide bonds. The Hall–Kier alpha value is -3.35. The van der Waals surface area contributed by atoms with E-state index in [0.29, 0.717) is 5.02 Å². The fourth-order valence-corrected chi connectivity index (χ4v) is 4.48. The second-order valence-corrected chi connectivity index (χ2v) is 8.39. The highest BCUT2D eigenvalue weighted by Gasteiger charge is 2.12. The Labute approximate surface area is 188 Å². The maximum absolute atomic E-state index is 6.30. The lowest BCUT2D eigenvalue weighted by Crippen LogP contribution is -2.11. The quantitative estimate of drug-likeness (QED) is 0.308. The zero-order valence-corrected chi connectivity index (χ0v) is 18.5. The first-order valence-corrected chi connectivity index (χ1v) is 11.0. The van der Waals surface area contributed by atoms with Crippen molar-refractivity contribution >= 4 is 45.7 Å². The smallest absolute Gasteiger partial charge is 0.211 e. The van der Waals surface area contributed by atoms with Crippen LogP contribution in [0, 0.1) is 13.8 Å². The highest BCUT2D eigenvalue weighted by Crippen LogP contribution is 2.26. The molecule has 0 aliphatic carbocycles. The zero-order chi connectivity index (χ0) is 21.4. The van der Waals surface area contributed by atoms with E-state index in [4.69, 9.17) is 26.1 Å². The number of aromatic nitrogens is 2. The molecule has 0 saturated carbocycles. The summed E-state index contributed by atoms with van der Waals surface area (Å²) in [6.07, 6.45) is 3.53. The lowest BCUT2D eigenvalue weighted by Gasteiger charge is -2.03. The standard InChI is InChI=1S/C24H19ClN4OS/c1-15-19(25)8-5-10-20(15)28-24-29(22(14-31-24)23-11-6-12-30-23)26-13-18-16(2)27-21-9-4-3-7-17(18)21/h3-14,27H,1-2H3. The largest absolute Gasteiger partial charge is 0.463 e. The number of hydrogen-bond acceptors (Lipinski definition) is 4. The number of aromatic amines is 1. The summed E-state index contributed by atoms with van der Waals surface area (Å²) in [7, 11) is 0. The highest BCUT2D eigenvalue weighted by molar-refractivity contribution is 7.07. The van der Waals surface area contributed by atoms with Gasteiger partial charge in [-0.2, -0.15) is 5.10 Å². The van der Waals surface area contributed by atoms with Gasteiger partial charge in [0.25, 0.3) is 0 Å². The molecule has 3 aromatic heterocycles. The van der Waals surface area contributed by atoms with Gasteiger partial charge in [0.15, 0.2) is 5.76 Å². The van der Waals surface area contributed by atoms with Crippen molar-refractivity contribution in [2.75, 3.05) is 0 Å². The summed E-state index contributed by atoms with van der Waals surface area (Å²) >= 11 is 7.80. The van der Waals surface area contributed by atoms with Gasteiger partial charge < -0.3 is 9.40 Å². The first-order chi connectivity index (χ1) is 15.1. The van der Waals surface area contributed by atoms with E-state index in [-0.39, 0.29) is 0 Å². The molecular weight excluding hydrogens is 428 g/mol. The van der Waals surface area contributed by atoms with E-state index < -0.39 is 0 Å². The number of benzene rings is 2. The van der Waals surface area contributed by atoms with Crippen LogP contribution in [0.4, 0.5) is 5.69 Å². The van der Waals surface area contributed by atoms with E-state index in [0.717, 1.165) is 49.7 Å². The van der Waals surface area contributed by atoms with Crippen LogP contribution in [-0.4, -0.2) is 15.9 Å². The minimum atomic E-state index is 0.688. The number of rotatable bonds is 4. The molecule has 0 radical (unpaired) electrons. The van der Waals surface area contributed by atoms with Crippen LogP contribution in [0.1, 0.15) is 16.8 Å². The Morgan fingerprint density at radius 1 is 1.06 bits per heavy atom. The molecule has 0 aliphatic heterocycles. The topological polar surface area (TPSA) is 58.6 Å². The number of furan rings is 1. The third-order valence-electron chi connectivity index (χ3n) is 5.16. The molecule has 0 fully saturated rings. The summed E-state index contributed by atoms with van der Waals surface area (Å²) < 4.78 is 7.45. The number of hydrogen-bond donors (Lipinski definition) is 1. The van der Waals surface area contributed by atoms with Crippen molar-refractivity contribution in [3.8, 4) is 11.5 Å². The van der Waals surface area contributed by atoms with Crippen molar-refractivity contribution in [1.82, 2.24) is 9.66 Å². The summed E-state index contributed by atoms with van der Waals surface area (Å²) in [4.78, 5) is 8.99. The molecule has 154 valence electrons. The Kier molecular flexibility index (Phi) is 5.10. The fraction of sp³-hybridized carbons (Fsp3) is 0.0833. The molecule has 31 heavy (non-hydrogen) atoms. The first kappa shape index (κ1) is 19.6. The molecule has 3 heterocycles. The summed E-state index contributed by atoms with van der Waals surface area (Å²) in [5.74, 6) is 0.730. The van der Waals surface area contributed by atoms with Gasteiger partial charge in [-0.1, -0.05) is 35.9 Å². The second-order valence-electron chi connectivity index (χ2n) is 7.14. The number of nitrogens with zero attached hydrogens (tertiary/aromatic N) is 3. The SMILES string of the molecule is Cc1[nH]c2ccccc2c1C=Nn1c(-c2ccco2)csc1=Nc1cccc(Cl)c1C. The molecule has 0 bridgehead atoms. The van der Waals surface area contributed by atoms with Crippen molar-refractivity contribution in [3.05, 3.63) is 92.9 Å². The van der Waals surface area contributed by atoms with Crippen LogP contribution in [-0.2, 0) is 0 Å². The van der Waals surface area contributed by atoms with Crippen LogP contribution in [0.25, 0.3) is 22.4 Å². The van der Waals surface area contributed by atoms with E-state index >= 15 is 0 Å². The maximum atomic E-state index is 6.30. The lowest BCUT2D eigenvalue weighted by atomic mass is 10.1. The molecule has 7 heteroatoms. The van der Waals surface area contributed by atoms with E-state index in [1.165, 1.54) is 11.3 Å². The average Bonchev–Trinajstić information content (AvgIpc) is 3.49. The minimum absolute atomic E-state index is 0.688. The van der Waals surface area contributed by atoms with Crippen molar-refractivity contribution in [3.63, 3.8) is 0 Å². The number of aryl methyl sites for hydroxylation is 1. The van der Waals surface area contributed by atoms with E-state index in [1.807, 2.05) is 72.6 Å². The van der Waals surface area contributed by atoms with Gasteiger partial charge in [-0.3, -0.25) is 0 Å². The van der Waals surface area contributed by atoms with Gasteiger partial charge in [-0.15, -0.1) is 11.3 Å². The van der Waals surface area contributed by atoms with Gasteiger partial charge in [0.2, 0.25) is 4.80 Å². The zero-order valence-electron chi connectivity index (χ0n) is 17.0. The van der Waals surface area contributed by atoms with Crippen LogP contribution >= 0.6 is 22.9 Å². The van der Waals surface area contributed by atoms with E-state index in [1.54, 1.807) is 6.26 Å². The Morgan fingerprint density at radius 3 is 2.77 bits per heavy atom. The van der Waals surface area contributed by atoms with Gasteiger partial charge in [-0.25, -0.2) is 9.67 Å². The molecule has 5 nitrogen and oxygen atoms in total. The summed E-state index contributed by atoms with van der Waals surface area (Å²) in [5.41, 5.74) is 5.77. The molecule has 0 spiro atoms. The number of thiazole rings is 1. The molecule has 0 saturated heterocycles. The van der Waals surface area contributed by atoms with Crippen LogP contribution < -0.4 is 4.80 Å². The third kappa shape index (κ3) is 3.65. The van der Waals surface area contributed by atoms with Crippen LogP contribution in [0.5, 0.6) is 0 Å². The summed E-state index contributed by atoms with van der Waals surface area (Å²) in [6, 6.07) is 17.7. The Morgan fingerprint density at radius 2 is 1.94 bits per heavy atom. The Balaban J connectivity index is 1.68.